The van der Waals surface area contributed by atoms with E-state index in [-0.39, 0.29) is 0 Å². The molecule has 1 aromatic rings. The molecular weight excluding hydrogens is 244 g/mol. The van der Waals surface area contributed by atoms with E-state index < -0.39 is 0 Å². The first-order valence-electron chi connectivity index (χ1n) is 6.88. The molecule has 3 heteroatoms. The highest BCUT2D eigenvalue weighted by Gasteiger charge is 2.13. The van der Waals surface area contributed by atoms with Gasteiger partial charge in [0.25, 0.3) is 0 Å². The molecule has 0 aromatic heterocycles. The molecule has 0 amide bonds. The van der Waals surface area contributed by atoms with Crippen LogP contribution in [-0.2, 0) is 6.54 Å². The topological polar surface area (TPSA) is 15.3 Å². The van der Waals surface area contributed by atoms with E-state index in [4.69, 9.17) is 11.6 Å². The fourth-order valence-electron chi connectivity index (χ4n) is 2.59. The molecule has 0 aliphatic carbocycles. The highest BCUT2D eigenvalue weighted by Crippen LogP contribution is 2.15. The molecule has 1 aliphatic heterocycles. The van der Waals surface area contributed by atoms with Crippen LogP contribution in [0.1, 0.15) is 24.8 Å². The lowest BCUT2D eigenvalue weighted by atomic mass is 10.0. The predicted octanol–water partition coefficient (Wildman–Crippen LogP) is 3.16. The Kier molecular flexibility index (Phi) is 5.48. The van der Waals surface area contributed by atoms with E-state index in [0.29, 0.717) is 0 Å². The Morgan fingerprint density at radius 2 is 2.11 bits per heavy atom. The lowest BCUT2D eigenvalue weighted by molar-refractivity contribution is 0.308. The summed E-state index contributed by atoms with van der Waals surface area (Å²) in [7, 11) is 2.20. The van der Waals surface area contributed by atoms with Gasteiger partial charge >= 0.3 is 0 Å². The average molecular weight is 267 g/mol. The fraction of sp³-hybridized carbons (Fsp3) is 0.600. The summed E-state index contributed by atoms with van der Waals surface area (Å²) in [4.78, 5) is 2.39. The first kappa shape index (κ1) is 13.9. The van der Waals surface area contributed by atoms with Gasteiger partial charge in [-0.2, -0.15) is 0 Å². The number of nitrogens with zero attached hydrogens (tertiary/aromatic N) is 1. The van der Waals surface area contributed by atoms with Crippen molar-refractivity contribution in [2.24, 2.45) is 5.92 Å². The molecule has 1 heterocycles. The summed E-state index contributed by atoms with van der Waals surface area (Å²) in [5.74, 6) is 0.911. The molecule has 0 bridgehead atoms. The average Bonchev–Trinajstić information content (AvgIpc) is 2.85. The van der Waals surface area contributed by atoms with Crippen LogP contribution in [0.25, 0.3) is 0 Å². The van der Waals surface area contributed by atoms with Crippen LogP contribution >= 0.6 is 11.6 Å². The van der Waals surface area contributed by atoms with Crippen molar-refractivity contribution in [3.8, 4) is 0 Å². The van der Waals surface area contributed by atoms with Crippen LogP contribution in [0.4, 0.5) is 0 Å². The zero-order chi connectivity index (χ0) is 12.8. The summed E-state index contributed by atoms with van der Waals surface area (Å²) in [6, 6.07) is 8.16. The van der Waals surface area contributed by atoms with Crippen LogP contribution < -0.4 is 5.32 Å². The van der Waals surface area contributed by atoms with E-state index in [1.165, 1.54) is 44.5 Å². The smallest absolute Gasteiger partial charge is 0.0406 e. The van der Waals surface area contributed by atoms with E-state index in [2.05, 4.69) is 29.4 Å². The second-order valence-electron chi connectivity index (χ2n) is 5.37. The van der Waals surface area contributed by atoms with Gasteiger partial charge in [0.05, 0.1) is 0 Å². The monoisotopic (exact) mass is 266 g/mol. The van der Waals surface area contributed by atoms with Gasteiger partial charge in [0.1, 0.15) is 0 Å². The minimum Gasteiger partial charge on any atom is -0.316 e. The zero-order valence-corrected chi connectivity index (χ0v) is 11.9. The van der Waals surface area contributed by atoms with Crippen LogP contribution in [0.2, 0.25) is 5.02 Å². The molecule has 100 valence electrons. The van der Waals surface area contributed by atoms with Gasteiger partial charge in [-0.3, -0.25) is 0 Å². The van der Waals surface area contributed by atoms with Crippen molar-refractivity contribution in [2.75, 3.05) is 26.7 Å². The van der Waals surface area contributed by atoms with Crippen molar-refractivity contribution < 1.29 is 0 Å². The number of halogens is 1. The molecule has 1 saturated heterocycles. The van der Waals surface area contributed by atoms with Gasteiger partial charge in [0, 0.05) is 11.6 Å². The quantitative estimate of drug-likeness (QED) is 0.851. The minimum atomic E-state index is 0.815. The van der Waals surface area contributed by atoms with Crippen molar-refractivity contribution in [1.82, 2.24) is 10.2 Å². The van der Waals surface area contributed by atoms with E-state index >= 15 is 0 Å². The second kappa shape index (κ2) is 7.13. The third-order valence-corrected chi connectivity index (χ3v) is 3.93. The van der Waals surface area contributed by atoms with Crippen molar-refractivity contribution in [1.29, 1.82) is 0 Å². The Hall–Kier alpha value is -0.570. The Morgan fingerprint density at radius 1 is 1.33 bits per heavy atom. The number of rotatable bonds is 6. The summed E-state index contributed by atoms with van der Waals surface area (Å²) in [6.45, 7) is 4.63. The Labute approximate surface area is 115 Å². The van der Waals surface area contributed by atoms with Gasteiger partial charge in [0.15, 0.2) is 0 Å². The van der Waals surface area contributed by atoms with Gasteiger partial charge in [0.2, 0.25) is 0 Å². The number of benzene rings is 1. The molecule has 1 aromatic carbocycles. The summed E-state index contributed by atoms with van der Waals surface area (Å²) in [5, 5.41) is 4.24. The molecule has 0 saturated carbocycles. The SMILES string of the molecule is CN(CCCC1CCNC1)Cc1ccc(Cl)cc1. The van der Waals surface area contributed by atoms with Gasteiger partial charge in [-0.25, -0.2) is 0 Å². The standard InChI is InChI=1S/C15H23ClN2/c1-18(10-2-3-13-8-9-17-11-13)12-14-4-6-15(16)7-5-14/h4-7,13,17H,2-3,8-12H2,1H3. The summed E-state index contributed by atoms with van der Waals surface area (Å²) in [6.07, 6.45) is 4.02. The summed E-state index contributed by atoms with van der Waals surface area (Å²) < 4.78 is 0. The molecule has 2 rings (SSSR count). The van der Waals surface area contributed by atoms with Crippen LogP contribution in [0.3, 0.4) is 0 Å². The maximum Gasteiger partial charge on any atom is 0.0406 e. The molecule has 18 heavy (non-hydrogen) atoms. The zero-order valence-electron chi connectivity index (χ0n) is 11.2. The molecule has 1 fully saturated rings. The lowest BCUT2D eigenvalue weighted by Gasteiger charge is -2.17. The van der Waals surface area contributed by atoms with Crippen LogP contribution in [-0.4, -0.2) is 31.6 Å². The van der Waals surface area contributed by atoms with E-state index in [0.717, 1.165) is 17.5 Å². The van der Waals surface area contributed by atoms with Gasteiger partial charge in [-0.05, 0) is 69.6 Å². The predicted molar refractivity (Wildman–Crippen MR) is 78.0 cm³/mol. The number of nitrogens with one attached hydrogen (secondary N) is 1. The molecular formula is C15H23ClN2. The number of hydrogen-bond acceptors (Lipinski definition) is 2. The molecule has 1 aliphatic rings. The van der Waals surface area contributed by atoms with Gasteiger partial charge in [-0.15, -0.1) is 0 Å². The van der Waals surface area contributed by atoms with Crippen LogP contribution in [0.5, 0.6) is 0 Å². The highest BCUT2D eigenvalue weighted by molar-refractivity contribution is 6.30. The lowest BCUT2D eigenvalue weighted by Crippen LogP contribution is -2.20. The Bertz CT molecular complexity index is 344. The third kappa shape index (κ3) is 4.60. The van der Waals surface area contributed by atoms with E-state index in [9.17, 15) is 0 Å². The Morgan fingerprint density at radius 3 is 2.78 bits per heavy atom. The van der Waals surface area contributed by atoms with Gasteiger partial charge in [-0.1, -0.05) is 23.7 Å². The molecule has 0 radical (unpaired) electrons. The fourth-order valence-corrected chi connectivity index (χ4v) is 2.72. The summed E-state index contributed by atoms with van der Waals surface area (Å²) >= 11 is 5.88. The van der Waals surface area contributed by atoms with Gasteiger partial charge < -0.3 is 10.2 Å². The molecule has 1 unspecified atom stereocenters. The normalized spacial score (nSPS) is 19.6. The minimum absolute atomic E-state index is 0.815. The third-order valence-electron chi connectivity index (χ3n) is 3.68. The first-order valence-corrected chi connectivity index (χ1v) is 7.25. The molecule has 0 spiro atoms. The van der Waals surface area contributed by atoms with Crippen molar-refractivity contribution >= 4 is 11.6 Å². The summed E-state index contributed by atoms with van der Waals surface area (Å²) in [5.41, 5.74) is 1.34. The molecule has 1 atom stereocenters. The van der Waals surface area contributed by atoms with E-state index in [1.807, 2.05) is 12.1 Å². The first-order chi connectivity index (χ1) is 8.74. The van der Waals surface area contributed by atoms with E-state index in [1.54, 1.807) is 0 Å². The van der Waals surface area contributed by atoms with Crippen LogP contribution in [0, 0.1) is 5.92 Å². The maximum absolute atomic E-state index is 5.88. The molecule has 1 N–H and O–H groups in total. The molecule has 2 nitrogen and oxygen atoms in total. The highest BCUT2D eigenvalue weighted by atomic mass is 35.5. The van der Waals surface area contributed by atoms with Crippen molar-refractivity contribution in [3.05, 3.63) is 34.9 Å². The second-order valence-corrected chi connectivity index (χ2v) is 5.80. The maximum atomic E-state index is 5.88. The largest absolute Gasteiger partial charge is 0.316 e. The van der Waals surface area contributed by atoms with Crippen molar-refractivity contribution in [3.63, 3.8) is 0 Å². The van der Waals surface area contributed by atoms with Crippen LogP contribution in [0.15, 0.2) is 24.3 Å². The van der Waals surface area contributed by atoms with Crippen molar-refractivity contribution in [2.45, 2.75) is 25.8 Å². The Balaban J connectivity index is 1.65. The number of hydrogen-bond donors (Lipinski definition) is 1.